The van der Waals surface area contributed by atoms with Crippen molar-refractivity contribution >= 4 is 0 Å². The second-order valence-electron chi connectivity index (χ2n) is 7.58. The van der Waals surface area contributed by atoms with Crippen molar-refractivity contribution in [2.24, 2.45) is 0 Å². The average molecular weight is 408 g/mol. The number of allylic oxidation sites excluding steroid dienone is 1. The molecule has 0 bridgehead atoms. The Morgan fingerprint density at radius 3 is 1.52 bits per heavy atom. The fourth-order valence-electron chi connectivity index (χ4n) is 3.01. The van der Waals surface area contributed by atoms with Crippen LogP contribution in [0.25, 0.3) is 0 Å². The molecule has 0 radical (unpaired) electrons. The number of nitrogens with zero attached hydrogens (tertiary/aromatic N) is 3. The molecule has 3 aliphatic heterocycles. The molecule has 0 aliphatic carbocycles. The molecule has 0 aromatic heterocycles. The van der Waals surface area contributed by atoms with Gasteiger partial charge in [-0.2, -0.15) is 0 Å². The van der Waals surface area contributed by atoms with Gasteiger partial charge in [0.15, 0.2) is 0 Å². The van der Waals surface area contributed by atoms with Crippen LogP contribution in [0.15, 0.2) is 36.5 Å². The van der Waals surface area contributed by atoms with Gasteiger partial charge in [0.05, 0.1) is 0 Å². The van der Waals surface area contributed by atoms with E-state index in [1.807, 2.05) is 27.7 Å². The van der Waals surface area contributed by atoms with Crippen LogP contribution >= 0.6 is 0 Å². The van der Waals surface area contributed by atoms with Crippen LogP contribution in [0, 0.1) is 0 Å². The van der Waals surface area contributed by atoms with Crippen LogP contribution in [0.1, 0.15) is 73.6 Å². The SMILES string of the molecule is CC.CC.CC(C)N1CC=CCC1.CN1CC=CCCC1.CN1CCC=CCC1. The minimum atomic E-state index is 0.718. The summed E-state index contributed by atoms with van der Waals surface area (Å²) in [6.45, 7) is 19.8. The molecule has 3 rings (SSSR count). The van der Waals surface area contributed by atoms with Gasteiger partial charge in [0.1, 0.15) is 0 Å². The number of hydrogen-bond acceptors (Lipinski definition) is 3. The van der Waals surface area contributed by atoms with Crippen molar-refractivity contribution < 1.29 is 0 Å². The first kappa shape index (κ1) is 30.3. The molecular weight excluding hydrogens is 354 g/mol. The lowest BCUT2D eigenvalue weighted by atomic mass is 10.2. The molecule has 3 aliphatic rings. The minimum absolute atomic E-state index is 0.718. The standard InChI is InChI=1S/C8H15N.2C7H13N.2C2H6/c1-8(2)9-6-4-3-5-7-9;2*1-8-6-4-2-3-5-7-8;2*1-2/h3-4,8H,5-7H2,1-2H3;2,4H,3,5-7H2,1H3;2-3H,4-7H2,1H3;2*1-2H3. The monoisotopic (exact) mass is 407 g/mol. The Morgan fingerprint density at radius 2 is 1.03 bits per heavy atom. The van der Waals surface area contributed by atoms with Gasteiger partial charge in [0.2, 0.25) is 0 Å². The zero-order valence-electron chi connectivity index (χ0n) is 21.2. The third kappa shape index (κ3) is 20.2. The zero-order chi connectivity index (χ0) is 22.3. The van der Waals surface area contributed by atoms with E-state index in [4.69, 9.17) is 0 Å². The molecule has 0 spiro atoms. The van der Waals surface area contributed by atoms with Crippen LogP contribution in [-0.4, -0.2) is 74.1 Å². The largest absolute Gasteiger partial charge is 0.306 e. The first-order valence-electron chi connectivity index (χ1n) is 12.2. The highest BCUT2D eigenvalue weighted by Gasteiger charge is 2.07. The molecule has 0 saturated carbocycles. The third-order valence-corrected chi connectivity index (χ3v) is 4.84. The van der Waals surface area contributed by atoms with Gasteiger partial charge < -0.3 is 9.80 Å². The van der Waals surface area contributed by atoms with Gasteiger partial charge in [-0.05, 0) is 66.6 Å². The predicted octanol–water partition coefficient (Wildman–Crippen LogP) is 6.25. The van der Waals surface area contributed by atoms with Crippen LogP contribution in [0.3, 0.4) is 0 Å². The van der Waals surface area contributed by atoms with Crippen molar-refractivity contribution in [3.8, 4) is 0 Å². The van der Waals surface area contributed by atoms with Gasteiger partial charge >= 0.3 is 0 Å². The van der Waals surface area contributed by atoms with Gasteiger partial charge in [-0.1, -0.05) is 64.2 Å². The second-order valence-corrected chi connectivity index (χ2v) is 7.58. The second kappa shape index (κ2) is 23.4. The summed E-state index contributed by atoms with van der Waals surface area (Å²) in [5, 5.41) is 0. The summed E-state index contributed by atoms with van der Waals surface area (Å²) in [5.74, 6) is 0. The van der Waals surface area contributed by atoms with Gasteiger partial charge in [0, 0.05) is 38.8 Å². The summed E-state index contributed by atoms with van der Waals surface area (Å²) >= 11 is 0. The van der Waals surface area contributed by atoms with Crippen LogP contribution in [0.4, 0.5) is 0 Å². The van der Waals surface area contributed by atoms with Crippen LogP contribution in [-0.2, 0) is 0 Å². The topological polar surface area (TPSA) is 9.72 Å². The molecule has 0 aromatic rings. The van der Waals surface area contributed by atoms with Crippen molar-refractivity contribution in [1.82, 2.24) is 14.7 Å². The van der Waals surface area contributed by atoms with E-state index in [1.54, 1.807) is 0 Å². The van der Waals surface area contributed by atoms with Crippen molar-refractivity contribution in [3.63, 3.8) is 0 Å². The average Bonchev–Trinajstić information content (AvgIpc) is 3.16. The molecule has 0 N–H and O–H groups in total. The molecule has 0 amide bonds. The number of hydrogen-bond donors (Lipinski definition) is 0. The minimum Gasteiger partial charge on any atom is -0.306 e. The summed E-state index contributed by atoms with van der Waals surface area (Å²) in [6, 6.07) is 0.718. The number of rotatable bonds is 1. The Bertz CT molecular complexity index is 389. The third-order valence-electron chi connectivity index (χ3n) is 4.84. The maximum absolute atomic E-state index is 2.47. The lowest BCUT2D eigenvalue weighted by Gasteiger charge is -2.26. The summed E-state index contributed by atoms with van der Waals surface area (Å²) in [4.78, 5) is 7.17. The highest BCUT2D eigenvalue weighted by Crippen LogP contribution is 2.04. The maximum atomic E-state index is 2.47. The van der Waals surface area contributed by atoms with E-state index in [0.29, 0.717) is 0 Å². The van der Waals surface area contributed by atoms with E-state index < -0.39 is 0 Å². The summed E-state index contributed by atoms with van der Waals surface area (Å²) < 4.78 is 0. The highest BCUT2D eigenvalue weighted by atomic mass is 15.1. The molecule has 3 heteroatoms. The fourth-order valence-corrected chi connectivity index (χ4v) is 3.01. The normalized spacial score (nSPS) is 19.8. The Balaban J connectivity index is 0. The molecule has 172 valence electrons. The van der Waals surface area contributed by atoms with Crippen molar-refractivity contribution in [2.45, 2.75) is 79.7 Å². The molecule has 3 heterocycles. The van der Waals surface area contributed by atoms with E-state index in [0.717, 1.165) is 19.1 Å². The van der Waals surface area contributed by atoms with E-state index in [2.05, 4.69) is 79.1 Å². The molecule has 3 nitrogen and oxygen atoms in total. The summed E-state index contributed by atoms with van der Waals surface area (Å²) in [7, 11) is 4.34. The molecule has 0 fully saturated rings. The fraction of sp³-hybridized carbons (Fsp3) is 0.769. The molecular formula is C26H53N3. The van der Waals surface area contributed by atoms with Gasteiger partial charge in [0.25, 0.3) is 0 Å². The smallest absolute Gasteiger partial charge is 0.0166 e. The van der Waals surface area contributed by atoms with Gasteiger partial charge in [-0.3, -0.25) is 4.90 Å². The molecule has 29 heavy (non-hydrogen) atoms. The lowest BCUT2D eigenvalue weighted by Crippen LogP contribution is -2.33. The van der Waals surface area contributed by atoms with Crippen molar-refractivity contribution in [2.75, 3.05) is 53.4 Å². The molecule has 0 unspecified atom stereocenters. The Morgan fingerprint density at radius 1 is 0.552 bits per heavy atom. The summed E-state index contributed by atoms with van der Waals surface area (Å²) in [6.07, 6.45) is 19.9. The van der Waals surface area contributed by atoms with E-state index in [1.165, 1.54) is 58.3 Å². The Labute approximate surface area is 184 Å². The molecule has 0 saturated heterocycles. The van der Waals surface area contributed by atoms with Crippen LogP contribution in [0.5, 0.6) is 0 Å². The highest BCUT2D eigenvalue weighted by molar-refractivity contribution is 4.91. The zero-order valence-corrected chi connectivity index (χ0v) is 21.2. The van der Waals surface area contributed by atoms with Crippen LogP contribution < -0.4 is 0 Å². The van der Waals surface area contributed by atoms with Gasteiger partial charge in [-0.25, -0.2) is 0 Å². The lowest BCUT2D eigenvalue weighted by molar-refractivity contribution is 0.243. The molecule has 0 atom stereocenters. The quantitative estimate of drug-likeness (QED) is 0.476. The van der Waals surface area contributed by atoms with Crippen molar-refractivity contribution in [1.29, 1.82) is 0 Å². The van der Waals surface area contributed by atoms with Crippen molar-refractivity contribution in [3.05, 3.63) is 36.5 Å². The Kier molecular flexibility index (Phi) is 24.4. The first-order valence-corrected chi connectivity index (χ1v) is 12.2. The maximum Gasteiger partial charge on any atom is 0.0166 e. The molecule has 0 aromatic carbocycles. The Hall–Kier alpha value is -0.900. The predicted molar refractivity (Wildman–Crippen MR) is 135 cm³/mol. The number of likely N-dealkylation sites (N-methyl/N-ethyl adjacent to an activating group) is 1. The summed E-state index contributed by atoms with van der Waals surface area (Å²) in [5.41, 5.74) is 0. The van der Waals surface area contributed by atoms with Crippen LogP contribution in [0.2, 0.25) is 0 Å². The van der Waals surface area contributed by atoms with Gasteiger partial charge in [-0.15, -0.1) is 0 Å². The van der Waals surface area contributed by atoms with E-state index >= 15 is 0 Å². The van der Waals surface area contributed by atoms with E-state index in [9.17, 15) is 0 Å². The first-order chi connectivity index (χ1) is 14.1. The van der Waals surface area contributed by atoms with E-state index in [-0.39, 0.29) is 0 Å².